The lowest BCUT2D eigenvalue weighted by Crippen LogP contribution is -2.40. The highest BCUT2D eigenvalue weighted by atomic mass is 32.2. The average molecular weight is 277 g/mol. The van der Waals surface area contributed by atoms with Crippen molar-refractivity contribution in [2.24, 2.45) is 0 Å². The second kappa shape index (κ2) is 5.02. The van der Waals surface area contributed by atoms with E-state index >= 15 is 0 Å². The Morgan fingerprint density at radius 1 is 1.21 bits per heavy atom. The summed E-state index contributed by atoms with van der Waals surface area (Å²) in [4.78, 5) is 2.10. The average Bonchev–Trinajstić information content (AvgIpc) is 2.38. The van der Waals surface area contributed by atoms with E-state index in [1.165, 1.54) is 24.9 Å². The summed E-state index contributed by atoms with van der Waals surface area (Å²) in [7, 11) is 4.10. The number of nitrogens with zero attached hydrogens (tertiary/aromatic N) is 1. The Bertz CT molecular complexity index is 448. The van der Waals surface area contributed by atoms with E-state index in [4.69, 9.17) is 0 Å². The minimum atomic E-state index is -0.604. The second-order valence-corrected chi connectivity index (χ2v) is 7.80. The molecule has 2 heterocycles. The van der Waals surface area contributed by atoms with Gasteiger partial charge < -0.3 is 10.0 Å². The fourth-order valence-corrected chi connectivity index (χ4v) is 5.32. The molecule has 1 aromatic carbocycles. The molecule has 2 saturated heterocycles. The zero-order valence-electron chi connectivity index (χ0n) is 11.8. The van der Waals surface area contributed by atoms with Gasteiger partial charge >= 0.3 is 0 Å². The highest BCUT2D eigenvalue weighted by Crippen LogP contribution is 2.49. The number of benzene rings is 1. The van der Waals surface area contributed by atoms with Crippen LogP contribution in [0.5, 0.6) is 0 Å². The first-order chi connectivity index (χ1) is 9.07. The van der Waals surface area contributed by atoms with Crippen molar-refractivity contribution in [3.8, 4) is 0 Å². The summed E-state index contributed by atoms with van der Waals surface area (Å²) < 4.78 is 0. The van der Waals surface area contributed by atoms with Gasteiger partial charge in [0.1, 0.15) is 0 Å². The van der Waals surface area contributed by atoms with Gasteiger partial charge in [-0.2, -0.15) is 11.8 Å². The Morgan fingerprint density at radius 3 is 2.53 bits per heavy atom. The largest absolute Gasteiger partial charge is 0.385 e. The third-order valence-corrected chi connectivity index (χ3v) is 6.04. The molecule has 1 N–H and O–H groups in total. The number of anilines is 1. The molecule has 3 heteroatoms. The van der Waals surface area contributed by atoms with Crippen LogP contribution in [0.25, 0.3) is 0 Å². The fraction of sp³-hybridized carbons (Fsp3) is 0.625. The van der Waals surface area contributed by atoms with Crippen LogP contribution in [0, 0.1) is 0 Å². The Morgan fingerprint density at radius 2 is 1.89 bits per heavy atom. The molecule has 2 atom stereocenters. The number of rotatable bonds is 2. The lowest BCUT2D eigenvalue weighted by atomic mass is 9.80. The Hall–Kier alpha value is -0.670. The quantitative estimate of drug-likeness (QED) is 0.896. The van der Waals surface area contributed by atoms with Gasteiger partial charge in [0.25, 0.3) is 0 Å². The van der Waals surface area contributed by atoms with Crippen molar-refractivity contribution < 1.29 is 5.11 Å². The predicted molar refractivity (Wildman–Crippen MR) is 82.9 cm³/mol. The van der Waals surface area contributed by atoms with Crippen LogP contribution in [-0.2, 0) is 5.60 Å². The normalized spacial score (nSPS) is 34.1. The van der Waals surface area contributed by atoms with Crippen LogP contribution in [0.1, 0.15) is 37.7 Å². The van der Waals surface area contributed by atoms with Gasteiger partial charge in [-0.05, 0) is 43.4 Å². The van der Waals surface area contributed by atoms with E-state index in [-0.39, 0.29) is 0 Å². The van der Waals surface area contributed by atoms with Crippen LogP contribution < -0.4 is 4.90 Å². The van der Waals surface area contributed by atoms with Gasteiger partial charge in [-0.3, -0.25) is 0 Å². The summed E-state index contributed by atoms with van der Waals surface area (Å²) in [5.41, 5.74) is 1.68. The highest BCUT2D eigenvalue weighted by molar-refractivity contribution is 8.00. The summed E-state index contributed by atoms with van der Waals surface area (Å²) in [6, 6.07) is 8.43. The zero-order chi connectivity index (χ0) is 13.5. The van der Waals surface area contributed by atoms with Gasteiger partial charge in [-0.1, -0.05) is 18.6 Å². The van der Waals surface area contributed by atoms with Gasteiger partial charge in [0.2, 0.25) is 0 Å². The lowest BCUT2D eigenvalue weighted by Gasteiger charge is -2.44. The van der Waals surface area contributed by atoms with Gasteiger partial charge in [0, 0.05) is 30.3 Å². The highest BCUT2D eigenvalue weighted by Gasteiger charge is 2.42. The van der Waals surface area contributed by atoms with Crippen LogP contribution in [-0.4, -0.2) is 29.7 Å². The van der Waals surface area contributed by atoms with Crippen molar-refractivity contribution in [2.45, 2.75) is 48.2 Å². The van der Waals surface area contributed by atoms with Gasteiger partial charge in [0.15, 0.2) is 0 Å². The molecule has 2 aliphatic rings. The Kier molecular flexibility index (Phi) is 3.52. The zero-order valence-corrected chi connectivity index (χ0v) is 12.6. The minimum absolute atomic E-state index is 0.604. The van der Waals surface area contributed by atoms with Crippen LogP contribution in [0.3, 0.4) is 0 Å². The predicted octanol–water partition coefficient (Wildman–Crippen LogP) is 3.39. The molecule has 3 rings (SSSR count). The van der Waals surface area contributed by atoms with E-state index in [9.17, 15) is 5.11 Å². The van der Waals surface area contributed by atoms with Crippen molar-refractivity contribution in [2.75, 3.05) is 19.0 Å². The number of aliphatic hydroxyl groups is 1. The third kappa shape index (κ3) is 2.63. The second-order valence-electron chi connectivity index (χ2n) is 6.20. The van der Waals surface area contributed by atoms with E-state index < -0.39 is 5.60 Å². The molecule has 2 unspecified atom stereocenters. The Balaban J connectivity index is 1.89. The van der Waals surface area contributed by atoms with E-state index in [0.717, 1.165) is 18.4 Å². The van der Waals surface area contributed by atoms with Crippen LogP contribution in [0.15, 0.2) is 24.3 Å². The van der Waals surface area contributed by atoms with Crippen molar-refractivity contribution in [1.82, 2.24) is 0 Å². The molecule has 2 bridgehead atoms. The molecule has 0 aromatic heterocycles. The first kappa shape index (κ1) is 13.3. The molecule has 0 spiro atoms. The molecule has 19 heavy (non-hydrogen) atoms. The van der Waals surface area contributed by atoms with Crippen molar-refractivity contribution >= 4 is 17.4 Å². The molecule has 1 aromatic rings. The number of fused-ring (bicyclic) bond motifs is 2. The smallest absolute Gasteiger partial charge is 0.0918 e. The first-order valence-electron chi connectivity index (χ1n) is 7.22. The van der Waals surface area contributed by atoms with Crippen molar-refractivity contribution in [1.29, 1.82) is 0 Å². The van der Waals surface area contributed by atoms with E-state index in [2.05, 4.69) is 55.0 Å². The summed E-state index contributed by atoms with van der Waals surface area (Å²) in [5, 5.41) is 12.4. The monoisotopic (exact) mass is 277 g/mol. The van der Waals surface area contributed by atoms with Crippen LogP contribution >= 0.6 is 11.8 Å². The fourth-order valence-electron chi connectivity index (χ4n) is 3.43. The summed E-state index contributed by atoms with van der Waals surface area (Å²) in [6.07, 6.45) is 5.74. The SMILES string of the molecule is CN(C)c1cccc(C2(O)CC3CCCC(C2)S3)c1. The van der Waals surface area contributed by atoms with Gasteiger partial charge in [-0.15, -0.1) is 0 Å². The molecule has 2 nitrogen and oxygen atoms in total. The number of hydrogen-bond acceptors (Lipinski definition) is 3. The summed E-state index contributed by atoms with van der Waals surface area (Å²) in [6.45, 7) is 0. The number of thioether (sulfide) groups is 1. The van der Waals surface area contributed by atoms with Crippen LogP contribution in [0.4, 0.5) is 5.69 Å². The maximum atomic E-state index is 11.1. The van der Waals surface area contributed by atoms with E-state index in [1.54, 1.807) is 0 Å². The van der Waals surface area contributed by atoms with E-state index in [1.807, 2.05) is 0 Å². The Labute approximate surface area is 120 Å². The molecule has 104 valence electrons. The molecular formula is C16H23NOS. The molecular weight excluding hydrogens is 254 g/mol. The topological polar surface area (TPSA) is 23.5 Å². The molecule has 0 saturated carbocycles. The van der Waals surface area contributed by atoms with E-state index in [0.29, 0.717) is 10.5 Å². The maximum absolute atomic E-state index is 11.1. The van der Waals surface area contributed by atoms with Gasteiger partial charge in [-0.25, -0.2) is 0 Å². The first-order valence-corrected chi connectivity index (χ1v) is 8.17. The molecule has 0 amide bonds. The van der Waals surface area contributed by atoms with Gasteiger partial charge in [0.05, 0.1) is 5.60 Å². The van der Waals surface area contributed by atoms with Crippen molar-refractivity contribution in [3.05, 3.63) is 29.8 Å². The lowest BCUT2D eigenvalue weighted by molar-refractivity contribution is 0.00817. The maximum Gasteiger partial charge on any atom is 0.0918 e. The summed E-state index contributed by atoms with van der Waals surface area (Å²) in [5.74, 6) is 0. The standard InChI is InChI=1S/C16H23NOS/c1-17(2)13-6-3-5-12(9-13)16(18)10-14-7-4-8-15(11-16)19-14/h3,5-6,9,14-15,18H,4,7-8,10-11H2,1-2H3. The molecule has 0 aliphatic carbocycles. The summed E-state index contributed by atoms with van der Waals surface area (Å²) >= 11 is 2.11. The molecule has 2 aliphatic heterocycles. The minimum Gasteiger partial charge on any atom is -0.385 e. The van der Waals surface area contributed by atoms with Crippen molar-refractivity contribution in [3.63, 3.8) is 0 Å². The third-order valence-electron chi connectivity index (χ3n) is 4.47. The number of hydrogen-bond donors (Lipinski definition) is 1. The van der Waals surface area contributed by atoms with Crippen LogP contribution in [0.2, 0.25) is 0 Å². The molecule has 2 fully saturated rings. The molecule has 0 radical (unpaired) electrons.